The molecule has 0 N–H and O–H groups in total. The van der Waals surface area contributed by atoms with Gasteiger partial charge in [-0.15, -0.1) is 0 Å². The number of hydrogen-bond donors (Lipinski definition) is 0. The molecule has 0 radical (unpaired) electrons. The van der Waals surface area contributed by atoms with Crippen LogP contribution in [0.15, 0.2) is 4.99 Å². The van der Waals surface area contributed by atoms with Crippen LogP contribution in [0.5, 0.6) is 0 Å². The zero-order chi connectivity index (χ0) is 10.6. The van der Waals surface area contributed by atoms with Gasteiger partial charge in [-0.25, -0.2) is 0 Å². The molecule has 1 atom stereocenters. The van der Waals surface area contributed by atoms with E-state index in [0.29, 0.717) is 11.5 Å². The summed E-state index contributed by atoms with van der Waals surface area (Å²) in [7, 11) is 4.06. The fourth-order valence-corrected chi connectivity index (χ4v) is 1.37. The van der Waals surface area contributed by atoms with Crippen LogP contribution in [0.25, 0.3) is 0 Å². The van der Waals surface area contributed by atoms with Gasteiger partial charge in [-0.2, -0.15) is 0 Å². The summed E-state index contributed by atoms with van der Waals surface area (Å²) in [5.41, 5.74) is 0.371. The second kappa shape index (κ2) is 4.64. The summed E-state index contributed by atoms with van der Waals surface area (Å²) in [5.74, 6) is 1.11. The molecule has 0 heterocycles. The zero-order valence-corrected chi connectivity index (χ0v) is 10.2. The van der Waals surface area contributed by atoms with Crippen LogP contribution in [0.2, 0.25) is 0 Å². The summed E-state index contributed by atoms with van der Waals surface area (Å²) in [5, 5.41) is 0. The smallest absolute Gasteiger partial charge is 0.0955 e. The van der Waals surface area contributed by atoms with E-state index in [1.54, 1.807) is 0 Å². The van der Waals surface area contributed by atoms with E-state index >= 15 is 0 Å². The SMILES string of the molecule is C/C(=N\C(C)CC(C)(C)C)N(C)C. The third-order valence-electron chi connectivity index (χ3n) is 1.96. The van der Waals surface area contributed by atoms with Crippen LogP contribution in [0, 0.1) is 5.41 Å². The van der Waals surface area contributed by atoms with E-state index in [1.165, 1.54) is 0 Å². The minimum absolute atomic E-state index is 0.371. The first-order chi connectivity index (χ1) is 5.72. The Balaban J connectivity index is 4.14. The van der Waals surface area contributed by atoms with Crippen molar-refractivity contribution in [3.63, 3.8) is 0 Å². The second-order valence-electron chi connectivity index (χ2n) is 5.18. The first-order valence-electron chi connectivity index (χ1n) is 4.94. The average Bonchev–Trinajstić information content (AvgIpc) is 1.81. The summed E-state index contributed by atoms with van der Waals surface area (Å²) in [4.78, 5) is 6.66. The molecule has 0 aliphatic heterocycles. The molecule has 13 heavy (non-hydrogen) atoms. The van der Waals surface area contributed by atoms with Gasteiger partial charge in [0, 0.05) is 20.1 Å². The molecule has 0 aromatic carbocycles. The van der Waals surface area contributed by atoms with E-state index in [1.807, 2.05) is 14.1 Å². The highest BCUT2D eigenvalue weighted by molar-refractivity contribution is 5.79. The van der Waals surface area contributed by atoms with Gasteiger partial charge < -0.3 is 4.90 Å². The molecule has 0 aromatic heterocycles. The highest BCUT2D eigenvalue weighted by Gasteiger charge is 2.14. The van der Waals surface area contributed by atoms with Crippen LogP contribution in [-0.2, 0) is 0 Å². The Kier molecular flexibility index (Phi) is 4.45. The molecule has 0 bridgehead atoms. The Morgan fingerprint density at radius 1 is 1.31 bits per heavy atom. The van der Waals surface area contributed by atoms with E-state index in [-0.39, 0.29) is 0 Å². The highest BCUT2D eigenvalue weighted by Crippen LogP contribution is 2.22. The number of rotatable bonds is 2. The van der Waals surface area contributed by atoms with Gasteiger partial charge in [0.2, 0.25) is 0 Å². The summed E-state index contributed by atoms with van der Waals surface area (Å²) in [6, 6.07) is 0.419. The lowest BCUT2D eigenvalue weighted by atomic mass is 9.89. The van der Waals surface area contributed by atoms with Crippen molar-refractivity contribution in [2.45, 2.75) is 47.1 Å². The van der Waals surface area contributed by atoms with Crippen LogP contribution in [-0.4, -0.2) is 30.9 Å². The molecule has 2 heteroatoms. The lowest BCUT2D eigenvalue weighted by Crippen LogP contribution is -2.22. The van der Waals surface area contributed by atoms with Gasteiger partial charge in [0.1, 0.15) is 0 Å². The fourth-order valence-electron chi connectivity index (χ4n) is 1.37. The Labute approximate surface area is 83.0 Å². The van der Waals surface area contributed by atoms with E-state index in [9.17, 15) is 0 Å². The van der Waals surface area contributed by atoms with Crippen LogP contribution in [0.4, 0.5) is 0 Å². The molecule has 2 nitrogen and oxygen atoms in total. The number of hydrogen-bond acceptors (Lipinski definition) is 1. The van der Waals surface area contributed by atoms with E-state index in [2.05, 4.69) is 44.5 Å². The van der Waals surface area contributed by atoms with Crippen LogP contribution in [0.3, 0.4) is 0 Å². The predicted octanol–water partition coefficient (Wildman–Crippen LogP) is 2.79. The van der Waals surface area contributed by atoms with E-state index in [0.717, 1.165) is 12.3 Å². The van der Waals surface area contributed by atoms with Gasteiger partial charge in [-0.05, 0) is 25.7 Å². The Hall–Kier alpha value is -0.530. The Morgan fingerprint density at radius 2 is 1.77 bits per heavy atom. The van der Waals surface area contributed by atoms with Crippen LogP contribution >= 0.6 is 0 Å². The van der Waals surface area contributed by atoms with Crippen molar-refractivity contribution in [3.05, 3.63) is 0 Å². The molecule has 78 valence electrons. The largest absolute Gasteiger partial charge is 0.367 e. The van der Waals surface area contributed by atoms with Crippen molar-refractivity contribution in [3.8, 4) is 0 Å². The third-order valence-corrected chi connectivity index (χ3v) is 1.96. The predicted molar refractivity (Wildman–Crippen MR) is 60.3 cm³/mol. The number of aliphatic imine (C=N–C) groups is 1. The molecular formula is C11H24N2. The third kappa shape index (κ3) is 6.62. The molecule has 0 rings (SSSR count). The molecule has 0 spiro atoms. The molecule has 0 aliphatic carbocycles. The van der Waals surface area contributed by atoms with Gasteiger partial charge >= 0.3 is 0 Å². The standard InChI is InChI=1S/C11H24N2/c1-9(8-11(3,4)5)12-10(2)13(6)7/h9H,8H2,1-7H3/b12-10+. The van der Waals surface area contributed by atoms with Gasteiger partial charge in [0.05, 0.1) is 5.84 Å². The average molecular weight is 184 g/mol. The van der Waals surface area contributed by atoms with Crippen LogP contribution in [0.1, 0.15) is 41.0 Å². The van der Waals surface area contributed by atoms with E-state index < -0.39 is 0 Å². The van der Waals surface area contributed by atoms with Crippen molar-refractivity contribution in [2.75, 3.05) is 14.1 Å². The van der Waals surface area contributed by atoms with Gasteiger partial charge in [0.25, 0.3) is 0 Å². The first-order valence-corrected chi connectivity index (χ1v) is 4.94. The monoisotopic (exact) mass is 184 g/mol. The van der Waals surface area contributed by atoms with Gasteiger partial charge in [-0.3, -0.25) is 4.99 Å². The lowest BCUT2D eigenvalue weighted by molar-refractivity contribution is 0.348. The normalized spacial score (nSPS) is 15.8. The minimum Gasteiger partial charge on any atom is -0.367 e. The summed E-state index contributed by atoms with van der Waals surface area (Å²) >= 11 is 0. The van der Waals surface area contributed by atoms with E-state index in [4.69, 9.17) is 0 Å². The molecule has 0 fully saturated rings. The quantitative estimate of drug-likeness (QED) is 0.476. The molecule has 0 aliphatic rings. The molecule has 0 amide bonds. The molecule has 0 aromatic rings. The number of amidine groups is 1. The van der Waals surface area contributed by atoms with Crippen LogP contribution < -0.4 is 0 Å². The summed E-state index contributed by atoms with van der Waals surface area (Å²) < 4.78 is 0. The van der Waals surface area contributed by atoms with Crippen molar-refractivity contribution in [1.82, 2.24) is 4.90 Å². The minimum atomic E-state index is 0.371. The van der Waals surface area contributed by atoms with Gasteiger partial charge in [0.15, 0.2) is 0 Å². The Bertz CT molecular complexity index is 175. The second-order valence-corrected chi connectivity index (χ2v) is 5.18. The van der Waals surface area contributed by atoms with Crippen molar-refractivity contribution >= 4 is 5.84 Å². The van der Waals surface area contributed by atoms with Crippen molar-refractivity contribution in [2.24, 2.45) is 10.4 Å². The van der Waals surface area contributed by atoms with Crippen molar-refractivity contribution in [1.29, 1.82) is 0 Å². The number of nitrogens with zero attached hydrogens (tertiary/aromatic N) is 2. The fraction of sp³-hybridized carbons (Fsp3) is 0.909. The molecule has 0 saturated carbocycles. The molecular weight excluding hydrogens is 160 g/mol. The maximum absolute atomic E-state index is 4.60. The summed E-state index contributed by atoms with van der Waals surface area (Å²) in [6.45, 7) is 11.0. The first kappa shape index (κ1) is 12.5. The zero-order valence-electron chi connectivity index (χ0n) is 10.2. The maximum atomic E-state index is 4.60. The maximum Gasteiger partial charge on any atom is 0.0955 e. The Morgan fingerprint density at radius 3 is 2.08 bits per heavy atom. The molecule has 0 saturated heterocycles. The van der Waals surface area contributed by atoms with Gasteiger partial charge in [-0.1, -0.05) is 20.8 Å². The lowest BCUT2D eigenvalue weighted by Gasteiger charge is -2.22. The van der Waals surface area contributed by atoms with Crippen molar-refractivity contribution < 1.29 is 0 Å². The highest BCUT2D eigenvalue weighted by atomic mass is 15.1. The topological polar surface area (TPSA) is 15.6 Å². The summed E-state index contributed by atoms with van der Waals surface area (Å²) in [6.07, 6.45) is 1.14. The molecule has 1 unspecified atom stereocenters.